The number of aryl methyl sites for hydroxylation is 2. The van der Waals surface area contributed by atoms with E-state index in [1.807, 2.05) is 32.0 Å². The molecule has 3 nitrogen and oxygen atoms in total. The van der Waals surface area contributed by atoms with Gasteiger partial charge >= 0.3 is 0 Å². The van der Waals surface area contributed by atoms with E-state index in [1.54, 1.807) is 30.5 Å². The summed E-state index contributed by atoms with van der Waals surface area (Å²) in [5, 5.41) is 0.924. The fourth-order valence-electron chi connectivity index (χ4n) is 2.42. The van der Waals surface area contributed by atoms with Crippen LogP contribution in [0.15, 0.2) is 58.0 Å². The molecule has 0 atom stereocenters. The Morgan fingerprint density at radius 3 is 2.33 bits per heavy atom. The number of rotatable bonds is 2. The van der Waals surface area contributed by atoms with Gasteiger partial charge in [-0.1, -0.05) is 39.7 Å². The molecule has 3 aromatic rings. The van der Waals surface area contributed by atoms with Gasteiger partial charge in [-0.3, -0.25) is 0 Å². The van der Waals surface area contributed by atoms with Crippen LogP contribution in [0.2, 0.25) is 0 Å². The first-order valence-electron chi connectivity index (χ1n) is 6.49. The maximum Gasteiger partial charge on any atom is 0.268 e. The maximum absolute atomic E-state index is 12.8. The first kappa shape index (κ1) is 14.4. The van der Waals surface area contributed by atoms with E-state index in [1.165, 1.54) is 3.97 Å². The Morgan fingerprint density at radius 2 is 1.67 bits per heavy atom. The van der Waals surface area contributed by atoms with E-state index in [9.17, 15) is 8.42 Å². The topological polar surface area (TPSA) is 39.1 Å². The largest absolute Gasteiger partial charge is 0.268 e. The minimum Gasteiger partial charge on any atom is -0.241 e. The molecule has 0 spiro atoms. The van der Waals surface area contributed by atoms with Crippen LogP contribution in [0.25, 0.3) is 10.9 Å². The van der Waals surface area contributed by atoms with Crippen molar-refractivity contribution in [1.82, 2.24) is 3.97 Å². The van der Waals surface area contributed by atoms with Gasteiger partial charge in [-0.15, -0.1) is 0 Å². The third-order valence-corrected chi connectivity index (χ3v) is 5.86. The number of fused-ring (bicyclic) bond motifs is 1. The second-order valence-electron chi connectivity index (χ2n) is 5.06. The zero-order valence-electron chi connectivity index (χ0n) is 11.7. The molecule has 0 aliphatic heterocycles. The van der Waals surface area contributed by atoms with Gasteiger partial charge in [0.2, 0.25) is 0 Å². The Morgan fingerprint density at radius 1 is 1.00 bits per heavy atom. The fourth-order valence-corrected chi connectivity index (χ4v) is 4.50. The van der Waals surface area contributed by atoms with Gasteiger partial charge in [0.05, 0.1) is 10.4 Å². The van der Waals surface area contributed by atoms with E-state index in [2.05, 4.69) is 15.9 Å². The molecule has 0 saturated carbocycles. The lowest BCUT2D eigenvalue weighted by Crippen LogP contribution is -2.11. The van der Waals surface area contributed by atoms with Crippen molar-refractivity contribution in [2.75, 3.05) is 0 Å². The van der Waals surface area contributed by atoms with Gasteiger partial charge in [-0.2, -0.15) is 0 Å². The molecule has 0 amide bonds. The van der Waals surface area contributed by atoms with Crippen molar-refractivity contribution in [3.8, 4) is 0 Å². The van der Waals surface area contributed by atoms with Crippen LogP contribution in [0.1, 0.15) is 11.1 Å². The van der Waals surface area contributed by atoms with Crippen molar-refractivity contribution in [2.24, 2.45) is 0 Å². The minimum atomic E-state index is -3.58. The molecular formula is C16H14BrNO2S. The second kappa shape index (κ2) is 5.00. The summed E-state index contributed by atoms with van der Waals surface area (Å²) >= 11 is 3.49. The smallest absolute Gasteiger partial charge is 0.241 e. The standard InChI is InChI=1S/C16H14BrNO2S/c1-11-6-8-13(9-7-11)21(19,20)18-10-12(2)16-14(17)4-3-5-15(16)18/h3-10H,1-2H3. The highest BCUT2D eigenvalue weighted by molar-refractivity contribution is 9.10. The zero-order chi connectivity index (χ0) is 15.2. The highest BCUT2D eigenvalue weighted by Crippen LogP contribution is 2.31. The number of hydrogen-bond acceptors (Lipinski definition) is 2. The average molecular weight is 364 g/mol. The summed E-state index contributed by atoms with van der Waals surface area (Å²) < 4.78 is 27.9. The summed E-state index contributed by atoms with van der Waals surface area (Å²) in [6.07, 6.45) is 1.67. The summed E-state index contributed by atoms with van der Waals surface area (Å²) in [7, 11) is -3.58. The number of nitrogens with zero attached hydrogens (tertiary/aromatic N) is 1. The second-order valence-corrected chi connectivity index (χ2v) is 7.73. The molecule has 0 bridgehead atoms. The molecule has 0 unspecified atom stereocenters. The molecule has 3 rings (SSSR count). The average Bonchev–Trinajstić information content (AvgIpc) is 2.79. The predicted molar refractivity (Wildman–Crippen MR) is 88.1 cm³/mol. The van der Waals surface area contributed by atoms with Crippen molar-refractivity contribution in [2.45, 2.75) is 18.7 Å². The first-order chi connectivity index (χ1) is 9.91. The molecule has 2 aromatic carbocycles. The van der Waals surface area contributed by atoms with Crippen LogP contribution in [0.3, 0.4) is 0 Å². The number of halogens is 1. The van der Waals surface area contributed by atoms with Crippen LogP contribution in [0.5, 0.6) is 0 Å². The number of aromatic nitrogens is 1. The molecule has 21 heavy (non-hydrogen) atoms. The molecule has 0 N–H and O–H groups in total. The molecule has 1 aromatic heterocycles. The van der Waals surface area contributed by atoms with Gasteiger partial charge < -0.3 is 0 Å². The molecule has 0 aliphatic rings. The van der Waals surface area contributed by atoms with Gasteiger partial charge in [0, 0.05) is 16.1 Å². The van der Waals surface area contributed by atoms with Crippen molar-refractivity contribution in [3.05, 3.63) is 64.3 Å². The van der Waals surface area contributed by atoms with Crippen LogP contribution in [-0.2, 0) is 10.0 Å². The quantitative estimate of drug-likeness (QED) is 0.682. The van der Waals surface area contributed by atoms with Gasteiger partial charge in [0.1, 0.15) is 0 Å². The van der Waals surface area contributed by atoms with Crippen molar-refractivity contribution >= 4 is 36.9 Å². The molecule has 0 fully saturated rings. The fraction of sp³-hybridized carbons (Fsp3) is 0.125. The van der Waals surface area contributed by atoms with Crippen LogP contribution in [-0.4, -0.2) is 12.4 Å². The van der Waals surface area contributed by atoms with E-state index in [0.717, 1.165) is 21.0 Å². The summed E-state index contributed by atoms with van der Waals surface area (Å²) in [6.45, 7) is 3.84. The molecule has 0 saturated heterocycles. The SMILES string of the molecule is Cc1ccc(S(=O)(=O)n2cc(C)c3c(Br)cccc32)cc1. The molecule has 5 heteroatoms. The third kappa shape index (κ3) is 2.30. The van der Waals surface area contributed by atoms with Crippen molar-refractivity contribution in [1.29, 1.82) is 0 Å². The Hall–Kier alpha value is -1.59. The summed E-state index contributed by atoms with van der Waals surface area (Å²) in [5.41, 5.74) is 2.64. The Labute approximate surface area is 132 Å². The van der Waals surface area contributed by atoms with Gasteiger partial charge in [-0.05, 0) is 43.7 Å². The van der Waals surface area contributed by atoms with Gasteiger partial charge in [-0.25, -0.2) is 12.4 Å². The third-order valence-electron chi connectivity index (χ3n) is 3.51. The Kier molecular flexibility index (Phi) is 3.42. The maximum atomic E-state index is 12.8. The molecular weight excluding hydrogens is 350 g/mol. The normalized spacial score (nSPS) is 12.0. The van der Waals surface area contributed by atoms with E-state index in [4.69, 9.17) is 0 Å². The summed E-state index contributed by atoms with van der Waals surface area (Å²) in [4.78, 5) is 0.296. The lowest BCUT2D eigenvalue weighted by atomic mass is 10.2. The lowest BCUT2D eigenvalue weighted by molar-refractivity contribution is 0.589. The molecule has 108 valence electrons. The van der Waals surface area contributed by atoms with Gasteiger partial charge in [0.15, 0.2) is 0 Å². The Balaban J connectivity index is 2.29. The summed E-state index contributed by atoms with van der Waals surface area (Å²) in [6, 6.07) is 12.5. The lowest BCUT2D eigenvalue weighted by Gasteiger charge is -2.08. The molecule has 0 aliphatic carbocycles. The van der Waals surface area contributed by atoms with Crippen LogP contribution < -0.4 is 0 Å². The number of benzene rings is 2. The van der Waals surface area contributed by atoms with Crippen LogP contribution in [0.4, 0.5) is 0 Å². The summed E-state index contributed by atoms with van der Waals surface area (Å²) in [5.74, 6) is 0. The number of hydrogen-bond donors (Lipinski definition) is 0. The monoisotopic (exact) mass is 363 g/mol. The van der Waals surface area contributed by atoms with Crippen molar-refractivity contribution < 1.29 is 8.42 Å². The molecule has 1 heterocycles. The van der Waals surface area contributed by atoms with Crippen LogP contribution in [0, 0.1) is 13.8 Å². The van der Waals surface area contributed by atoms with E-state index >= 15 is 0 Å². The van der Waals surface area contributed by atoms with Gasteiger partial charge in [0.25, 0.3) is 10.0 Å². The van der Waals surface area contributed by atoms with E-state index < -0.39 is 10.0 Å². The van der Waals surface area contributed by atoms with E-state index in [0.29, 0.717) is 10.4 Å². The zero-order valence-corrected chi connectivity index (χ0v) is 14.1. The first-order valence-corrected chi connectivity index (χ1v) is 8.73. The Bertz CT molecular complexity index is 925. The minimum absolute atomic E-state index is 0.296. The predicted octanol–water partition coefficient (Wildman–Crippen LogP) is 4.26. The molecule has 0 radical (unpaired) electrons. The highest BCUT2D eigenvalue weighted by atomic mass is 79.9. The van der Waals surface area contributed by atoms with Crippen molar-refractivity contribution in [3.63, 3.8) is 0 Å². The van der Waals surface area contributed by atoms with Crippen LogP contribution >= 0.6 is 15.9 Å². The van der Waals surface area contributed by atoms with E-state index in [-0.39, 0.29) is 0 Å². The highest BCUT2D eigenvalue weighted by Gasteiger charge is 2.20.